The van der Waals surface area contributed by atoms with E-state index >= 15 is 0 Å². The standard InChI is InChI=1S/C9H18N2O3/c1-4-10-9(13)11(3)7-6-8(12)14-5-2/h4-7H2,1-3H3,(H,10,13). The molecule has 0 aromatic heterocycles. The summed E-state index contributed by atoms with van der Waals surface area (Å²) in [6.45, 7) is 4.94. The number of carbonyl (C=O) groups is 2. The third kappa shape index (κ3) is 5.40. The summed E-state index contributed by atoms with van der Waals surface area (Å²) in [5.41, 5.74) is 0. The maximum Gasteiger partial charge on any atom is 0.317 e. The zero-order valence-corrected chi connectivity index (χ0v) is 9.00. The van der Waals surface area contributed by atoms with Gasteiger partial charge in [-0.15, -0.1) is 0 Å². The van der Waals surface area contributed by atoms with E-state index in [4.69, 9.17) is 4.74 Å². The lowest BCUT2D eigenvalue weighted by atomic mass is 10.4. The summed E-state index contributed by atoms with van der Waals surface area (Å²) in [7, 11) is 1.64. The fraction of sp³-hybridized carbons (Fsp3) is 0.778. The van der Waals surface area contributed by atoms with Crippen LogP contribution in [0.15, 0.2) is 0 Å². The van der Waals surface area contributed by atoms with E-state index in [1.165, 1.54) is 4.90 Å². The van der Waals surface area contributed by atoms with Crippen molar-refractivity contribution in [3.8, 4) is 0 Å². The van der Waals surface area contributed by atoms with Crippen molar-refractivity contribution in [2.75, 3.05) is 26.7 Å². The van der Waals surface area contributed by atoms with E-state index in [9.17, 15) is 9.59 Å². The molecule has 0 unspecified atom stereocenters. The normalized spacial score (nSPS) is 9.36. The Morgan fingerprint density at radius 3 is 2.50 bits per heavy atom. The van der Waals surface area contributed by atoms with Gasteiger partial charge >= 0.3 is 12.0 Å². The molecule has 0 radical (unpaired) electrons. The first-order valence-electron chi connectivity index (χ1n) is 4.76. The van der Waals surface area contributed by atoms with E-state index in [1.807, 2.05) is 6.92 Å². The van der Waals surface area contributed by atoms with Crippen molar-refractivity contribution in [1.82, 2.24) is 10.2 Å². The van der Waals surface area contributed by atoms with E-state index < -0.39 is 0 Å². The molecule has 0 atom stereocenters. The molecule has 0 aromatic carbocycles. The van der Waals surface area contributed by atoms with Crippen LogP contribution >= 0.6 is 0 Å². The van der Waals surface area contributed by atoms with Gasteiger partial charge in [0.15, 0.2) is 0 Å². The van der Waals surface area contributed by atoms with Crippen LogP contribution in [0.3, 0.4) is 0 Å². The molecule has 0 aliphatic heterocycles. The predicted molar refractivity (Wildman–Crippen MR) is 53.0 cm³/mol. The summed E-state index contributed by atoms with van der Waals surface area (Å²) in [5.74, 6) is -0.274. The lowest BCUT2D eigenvalue weighted by Gasteiger charge is -2.16. The van der Waals surface area contributed by atoms with Crippen molar-refractivity contribution < 1.29 is 14.3 Å². The zero-order chi connectivity index (χ0) is 11.0. The lowest BCUT2D eigenvalue weighted by molar-refractivity contribution is -0.143. The zero-order valence-electron chi connectivity index (χ0n) is 9.00. The van der Waals surface area contributed by atoms with Crippen LogP contribution in [0.25, 0.3) is 0 Å². The smallest absolute Gasteiger partial charge is 0.317 e. The number of esters is 1. The molecule has 0 saturated heterocycles. The number of carbonyl (C=O) groups excluding carboxylic acids is 2. The molecule has 0 heterocycles. The summed E-state index contributed by atoms with van der Waals surface area (Å²) in [6.07, 6.45) is 0.238. The third-order valence-electron chi connectivity index (χ3n) is 1.63. The molecule has 14 heavy (non-hydrogen) atoms. The Bertz CT molecular complexity index is 194. The minimum atomic E-state index is -0.274. The molecule has 5 nitrogen and oxygen atoms in total. The predicted octanol–water partition coefficient (Wildman–Crippen LogP) is 0.601. The third-order valence-corrected chi connectivity index (χ3v) is 1.63. The second-order valence-corrected chi connectivity index (χ2v) is 2.81. The molecule has 1 N–H and O–H groups in total. The fourth-order valence-electron chi connectivity index (χ4n) is 0.880. The number of amides is 2. The fourth-order valence-corrected chi connectivity index (χ4v) is 0.880. The number of nitrogens with one attached hydrogen (secondary N) is 1. The van der Waals surface area contributed by atoms with Gasteiger partial charge in [0, 0.05) is 20.1 Å². The molecule has 0 aliphatic rings. The van der Waals surface area contributed by atoms with Crippen LogP contribution in [-0.4, -0.2) is 43.6 Å². The topological polar surface area (TPSA) is 58.6 Å². The number of rotatable bonds is 5. The van der Waals surface area contributed by atoms with E-state index in [1.54, 1.807) is 14.0 Å². The largest absolute Gasteiger partial charge is 0.466 e. The van der Waals surface area contributed by atoms with Crippen molar-refractivity contribution >= 4 is 12.0 Å². The van der Waals surface area contributed by atoms with Gasteiger partial charge in [-0.3, -0.25) is 4.79 Å². The highest BCUT2D eigenvalue weighted by molar-refractivity contribution is 5.75. The highest BCUT2D eigenvalue weighted by Gasteiger charge is 2.09. The van der Waals surface area contributed by atoms with Gasteiger partial charge in [0.1, 0.15) is 0 Å². The molecule has 2 amide bonds. The van der Waals surface area contributed by atoms with E-state index in [2.05, 4.69) is 5.32 Å². The Labute approximate surface area is 84.4 Å². The number of ether oxygens (including phenoxy) is 1. The molecule has 0 spiro atoms. The van der Waals surface area contributed by atoms with E-state index in [0.29, 0.717) is 19.7 Å². The monoisotopic (exact) mass is 202 g/mol. The summed E-state index contributed by atoms with van der Waals surface area (Å²) in [4.78, 5) is 23.6. The molecular formula is C9H18N2O3. The van der Waals surface area contributed by atoms with Crippen LogP contribution in [0.2, 0.25) is 0 Å². The molecule has 0 aliphatic carbocycles. The molecule has 5 heteroatoms. The van der Waals surface area contributed by atoms with Gasteiger partial charge < -0.3 is 15.0 Å². The van der Waals surface area contributed by atoms with Crippen LogP contribution in [0.4, 0.5) is 4.79 Å². The second-order valence-electron chi connectivity index (χ2n) is 2.81. The summed E-state index contributed by atoms with van der Waals surface area (Å²) >= 11 is 0. The van der Waals surface area contributed by atoms with Crippen molar-refractivity contribution in [3.63, 3.8) is 0 Å². The number of hydrogen-bond acceptors (Lipinski definition) is 3. The molecule has 0 bridgehead atoms. The van der Waals surface area contributed by atoms with Gasteiger partial charge in [-0.05, 0) is 13.8 Å². The highest BCUT2D eigenvalue weighted by atomic mass is 16.5. The molecule has 82 valence electrons. The Morgan fingerprint density at radius 2 is 2.00 bits per heavy atom. The van der Waals surface area contributed by atoms with Gasteiger partial charge in [-0.1, -0.05) is 0 Å². The van der Waals surface area contributed by atoms with Crippen molar-refractivity contribution in [2.24, 2.45) is 0 Å². The molecule has 0 aromatic rings. The molecular weight excluding hydrogens is 184 g/mol. The van der Waals surface area contributed by atoms with Gasteiger partial charge in [0.2, 0.25) is 0 Å². The number of urea groups is 1. The van der Waals surface area contributed by atoms with Crippen LogP contribution < -0.4 is 5.32 Å². The SMILES string of the molecule is CCNC(=O)N(C)CCC(=O)OCC. The highest BCUT2D eigenvalue weighted by Crippen LogP contribution is 1.91. The molecule has 0 fully saturated rings. The summed E-state index contributed by atoms with van der Waals surface area (Å²) in [6, 6.07) is -0.170. The average molecular weight is 202 g/mol. The maximum atomic E-state index is 11.2. The first-order chi connectivity index (χ1) is 6.61. The number of nitrogens with zero attached hydrogens (tertiary/aromatic N) is 1. The lowest BCUT2D eigenvalue weighted by Crippen LogP contribution is -2.38. The second kappa shape index (κ2) is 7.17. The minimum Gasteiger partial charge on any atom is -0.466 e. The first-order valence-corrected chi connectivity index (χ1v) is 4.76. The van der Waals surface area contributed by atoms with Crippen molar-refractivity contribution in [3.05, 3.63) is 0 Å². The Hall–Kier alpha value is -1.26. The Balaban J connectivity index is 3.67. The maximum absolute atomic E-state index is 11.2. The summed E-state index contributed by atoms with van der Waals surface area (Å²) < 4.78 is 4.73. The van der Waals surface area contributed by atoms with Crippen LogP contribution in [0.5, 0.6) is 0 Å². The number of hydrogen-bond donors (Lipinski definition) is 1. The van der Waals surface area contributed by atoms with Gasteiger partial charge in [0.25, 0.3) is 0 Å². The summed E-state index contributed by atoms with van der Waals surface area (Å²) in [5, 5.41) is 2.64. The first kappa shape index (κ1) is 12.7. The molecule has 0 rings (SSSR count). The minimum absolute atomic E-state index is 0.170. The van der Waals surface area contributed by atoms with Gasteiger partial charge in [0.05, 0.1) is 13.0 Å². The quantitative estimate of drug-likeness (QED) is 0.664. The van der Waals surface area contributed by atoms with Crippen LogP contribution in [-0.2, 0) is 9.53 Å². The van der Waals surface area contributed by atoms with E-state index in [-0.39, 0.29) is 18.4 Å². The molecule has 0 saturated carbocycles. The van der Waals surface area contributed by atoms with Crippen LogP contribution in [0.1, 0.15) is 20.3 Å². The Kier molecular flexibility index (Phi) is 6.53. The van der Waals surface area contributed by atoms with E-state index in [0.717, 1.165) is 0 Å². The average Bonchev–Trinajstić information content (AvgIpc) is 2.15. The Morgan fingerprint density at radius 1 is 1.36 bits per heavy atom. The van der Waals surface area contributed by atoms with Crippen molar-refractivity contribution in [1.29, 1.82) is 0 Å². The van der Waals surface area contributed by atoms with Crippen molar-refractivity contribution in [2.45, 2.75) is 20.3 Å². The van der Waals surface area contributed by atoms with Gasteiger partial charge in [-0.25, -0.2) is 4.79 Å². The van der Waals surface area contributed by atoms with Gasteiger partial charge in [-0.2, -0.15) is 0 Å². The van der Waals surface area contributed by atoms with Crippen LogP contribution in [0, 0.1) is 0 Å².